The van der Waals surface area contributed by atoms with Gasteiger partial charge in [0.15, 0.2) is 55.7 Å². The largest absolute Gasteiger partial charge is 0.479 e. The summed E-state index contributed by atoms with van der Waals surface area (Å²) in [6.45, 7) is 15.5. The van der Waals surface area contributed by atoms with E-state index in [2.05, 4.69) is 20.8 Å². The van der Waals surface area contributed by atoms with Crippen LogP contribution in [-0.4, -0.2) is 253 Å². The molecule has 29 nitrogen and oxygen atoms in total. The zero-order valence-electron chi connectivity index (χ0n) is 73.6. The summed E-state index contributed by atoms with van der Waals surface area (Å²) in [5.41, 5.74) is 1.71. The Labute approximate surface area is 740 Å². The maximum absolute atomic E-state index is 15.4. The number of esters is 4. The van der Waals surface area contributed by atoms with Gasteiger partial charge in [0.05, 0.1) is 48.7 Å². The first kappa shape index (κ1) is 99.5. The summed E-state index contributed by atoms with van der Waals surface area (Å²) in [6, 6.07) is 50.3. The Bertz CT molecular complexity index is 4070. The fourth-order valence-corrected chi connectivity index (χ4v) is 14.7. The maximum atomic E-state index is 15.4. The van der Waals surface area contributed by atoms with Gasteiger partial charge in [0.25, 0.3) is 0 Å². The van der Waals surface area contributed by atoms with Crippen molar-refractivity contribution in [2.75, 3.05) is 79.2 Å². The molecule has 0 bridgehead atoms. The number of benzene rings is 6. The summed E-state index contributed by atoms with van der Waals surface area (Å²) < 4.78 is 137. The van der Waals surface area contributed by atoms with Crippen molar-refractivity contribution in [3.63, 3.8) is 0 Å². The van der Waals surface area contributed by atoms with Gasteiger partial charge in [-0.3, -0.25) is 0 Å². The first-order valence-corrected chi connectivity index (χ1v) is 44.9. The molecule has 12 unspecified atom stereocenters. The molecule has 0 aliphatic carbocycles. The van der Waals surface area contributed by atoms with Crippen molar-refractivity contribution in [1.29, 1.82) is 0 Å². The lowest BCUT2D eigenvalue weighted by Gasteiger charge is -2.52. The second kappa shape index (κ2) is 54.6. The van der Waals surface area contributed by atoms with Crippen molar-refractivity contribution in [2.45, 2.75) is 274 Å². The summed E-state index contributed by atoms with van der Waals surface area (Å²) in [5, 5.41) is 23.2. The number of ether oxygens (including phenoxy) is 20. The predicted molar refractivity (Wildman–Crippen MR) is 461 cm³/mol. The average Bonchev–Trinajstić information content (AvgIpc) is 0.756. The number of carbonyl (C=O) groups is 6. The van der Waals surface area contributed by atoms with Gasteiger partial charge in [0.2, 0.25) is 0 Å². The fourth-order valence-electron chi connectivity index (χ4n) is 14.7. The highest BCUT2D eigenvalue weighted by Crippen LogP contribution is 2.41. The molecule has 690 valence electrons. The first-order valence-electron chi connectivity index (χ1n) is 44.9. The van der Waals surface area contributed by atoms with Gasteiger partial charge < -0.3 is 110 Å². The molecule has 0 spiro atoms. The predicted octanol–water partition coefficient (Wildman–Crippen LogP) is 14.4. The molecule has 0 saturated carbocycles. The normalized spacial score (nSPS) is 26.0. The molecular weight excluding hydrogens is 1630 g/mol. The maximum Gasteiger partial charge on any atom is 0.410 e. The van der Waals surface area contributed by atoms with Crippen LogP contribution in [-0.2, 0) is 113 Å². The van der Waals surface area contributed by atoms with E-state index in [9.17, 15) is 29.4 Å². The van der Waals surface area contributed by atoms with E-state index in [1.807, 2.05) is 88.4 Å². The highest BCUT2D eigenvalue weighted by Gasteiger charge is 2.61. The number of aliphatic hydroxyl groups excluding tert-OH is 1. The minimum absolute atomic E-state index is 0.0138. The molecule has 4 fully saturated rings. The first-order chi connectivity index (χ1) is 61.6. The lowest BCUT2D eigenvalue weighted by molar-refractivity contribution is -0.394. The molecule has 10 rings (SSSR count). The minimum Gasteiger partial charge on any atom is -0.479 e. The smallest absolute Gasteiger partial charge is 0.410 e. The fraction of sp³-hybridized carbons (Fsp3) is 0.567. The van der Waals surface area contributed by atoms with Gasteiger partial charge in [-0.1, -0.05) is 227 Å². The quantitative estimate of drug-likeness (QED) is 0.0203. The van der Waals surface area contributed by atoms with Crippen LogP contribution in [0.5, 0.6) is 0 Å². The van der Waals surface area contributed by atoms with Crippen LogP contribution >= 0.6 is 0 Å². The summed E-state index contributed by atoms with van der Waals surface area (Å²) in [7, 11) is 0. The zero-order chi connectivity index (χ0) is 89.2. The molecule has 4 heterocycles. The molecule has 4 aliphatic rings. The lowest BCUT2D eigenvalue weighted by Crippen LogP contribution is -2.69. The molecule has 1 amide bonds. The van der Waals surface area contributed by atoms with Gasteiger partial charge in [-0.25, -0.2) is 28.8 Å². The van der Waals surface area contributed by atoms with Crippen molar-refractivity contribution in [3.8, 4) is 0 Å². The third-order valence-electron chi connectivity index (χ3n) is 21.7. The second-order valence-corrected chi connectivity index (χ2v) is 31.5. The third-order valence-corrected chi connectivity index (χ3v) is 21.7. The van der Waals surface area contributed by atoms with Gasteiger partial charge in [-0.15, -0.1) is 0 Å². The number of aliphatic hydroxyl groups is 1. The van der Waals surface area contributed by atoms with E-state index in [1.165, 1.54) is 48.5 Å². The van der Waals surface area contributed by atoms with E-state index >= 15 is 9.59 Å². The van der Waals surface area contributed by atoms with Crippen LogP contribution in [0.4, 0.5) is 4.79 Å². The van der Waals surface area contributed by atoms with Gasteiger partial charge in [-0.2, -0.15) is 0 Å². The highest BCUT2D eigenvalue weighted by atomic mass is 16.8. The van der Waals surface area contributed by atoms with E-state index < -0.39 is 165 Å². The number of unbranched alkanes of at least 4 members (excludes halogenated alkanes) is 7. The summed E-state index contributed by atoms with van der Waals surface area (Å²) in [5.74, 6) is -5.81. The Morgan fingerprint density at radius 3 is 1.02 bits per heavy atom. The molecule has 4 aliphatic heterocycles. The number of hydrogen-bond acceptors (Lipinski definition) is 27. The molecule has 4 saturated heterocycles. The molecule has 126 heavy (non-hydrogen) atoms. The number of carbonyl (C=O) groups excluding carboxylic acids is 5. The third kappa shape index (κ3) is 29.9. The number of carboxylic acid groups (broad SMARTS) is 1. The monoisotopic (exact) mass is 1760 g/mol. The molecular formula is C97H129NO28. The van der Waals surface area contributed by atoms with Crippen molar-refractivity contribution in [2.24, 2.45) is 0 Å². The van der Waals surface area contributed by atoms with Gasteiger partial charge in [-0.05, 0) is 105 Å². The topological polar surface area (TPSA) is 331 Å². The van der Waals surface area contributed by atoms with Gasteiger partial charge in [0, 0.05) is 59.3 Å². The number of amides is 1. The van der Waals surface area contributed by atoms with Crippen LogP contribution in [0, 0.1) is 0 Å². The van der Waals surface area contributed by atoms with E-state index in [0.29, 0.717) is 64.4 Å². The van der Waals surface area contributed by atoms with Crippen LogP contribution in [0.1, 0.15) is 191 Å². The van der Waals surface area contributed by atoms with Gasteiger partial charge >= 0.3 is 35.9 Å². The zero-order valence-corrected chi connectivity index (χ0v) is 73.6. The molecule has 0 radical (unpaired) electrons. The van der Waals surface area contributed by atoms with Crippen LogP contribution in [0.15, 0.2) is 182 Å². The van der Waals surface area contributed by atoms with Crippen molar-refractivity contribution >= 4 is 35.9 Å². The minimum atomic E-state index is -2.27. The molecule has 6 aromatic carbocycles. The van der Waals surface area contributed by atoms with E-state index in [-0.39, 0.29) is 101 Å². The number of aliphatic carboxylic acids is 1. The number of nitrogens with zero attached hydrogens (tertiary/aromatic N) is 1. The Hall–Kier alpha value is -8.70. The molecule has 29 heteroatoms. The van der Waals surface area contributed by atoms with E-state index in [1.54, 1.807) is 77.7 Å². The van der Waals surface area contributed by atoms with Crippen LogP contribution < -0.4 is 0 Å². The van der Waals surface area contributed by atoms with Crippen LogP contribution in [0.25, 0.3) is 0 Å². The Morgan fingerprint density at radius 2 is 0.635 bits per heavy atom. The second-order valence-electron chi connectivity index (χ2n) is 31.5. The Balaban J connectivity index is 1.09. The van der Waals surface area contributed by atoms with E-state index in [4.69, 9.17) is 94.7 Å². The van der Waals surface area contributed by atoms with Crippen LogP contribution in [0.3, 0.4) is 0 Å². The highest BCUT2D eigenvalue weighted by molar-refractivity contribution is 5.91. The Morgan fingerprint density at radius 1 is 0.325 bits per heavy atom. The summed E-state index contributed by atoms with van der Waals surface area (Å²) in [6.07, 6.45) is -22.6. The Kier molecular flexibility index (Phi) is 43.1. The van der Waals surface area contributed by atoms with Crippen molar-refractivity contribution < 1.29 is 134 Å². The number of carboxylic acids is 1. The number of rotatable bonds is 54. The number of hydrogen-bond donors (Lipinski definition) is 2. The van der Waals surface area contributed by atoms with Crippen molar-refractivity contribution in [1.82, 2.24) is 4.90 Å². The lowest BCUT2D eigenvalue weighted by atomic mass is 9.94. The van der Waals surface area contributed by atoms with Gasteiger partial charge in [0.1, 0.15) is 73.8 Å². The van der Waals surface area contributed by atoms with E-state index in [0.717, 1.165) is 43.2 Å². The van der Waals surface area contributed by atoms with Crippen LogP contribution in [0.2, 0.25) is 0 Å². The molecule has 20 atom stereocenters. The van der Waals surface area contributed by atoms with Crippen molar-refractivity contribution in [3.05, 3.63) is 215 Å². The summed E-state index contributed by atoms with van der Waals surface area (Å²) in [4.78, 5) is 89.1. The average molecular weight is 1760 g/mol. The molecule has 2 N–H and O–H groups in total. The SMILES string of the molecule is CCCCOCC1O[C@@H](O[C@@H]2C(COCCCC)O[C@H](O[C@H]3C(COCCCC)O[C@H](OCCN(Cc4ccccc4)C(=O)OCc4ccccc4)C(OCCCC)C3OCCCC)C(OCCCC)C2OCCCC)C(OC(=O)c2ccccc2)C(OC(=O)c2ccccc2)[C@@H]1O[C@@H]1OC(C(=O)O)[C@@H](O)C(OC(=O)c2ccccc2)C1OC(=O)c1ccccc1. The molecule has 6 aromatic rings. The standard InChI is InChI=1S/C97H129NO28/c1-8-15-53-107-63-72-76(81(110-56-18-11-4)84(112-58-20-13-6)93(116-72)114-60-52-98(61-66-40-28-22-29-41-66)97(106)115-62-67-42-30-23-31-43-67)123-94-85(113-59-21-14-7)82(111-57-19-12-5)77(73(117-94)64-108-54-16-9-2)124-95-87(122-92(105)71-50-38-27-39-51-71)83(120-90(103)69-46-34-25-35-47-69)78(74(118-95)65-109-55-17-10-3)125-96-86(121-91(104)70-48-36-26-37-49-70)79(75(99)80(126-96)88(100)101)119-89(102)68-44-32-24-33-45-68/h22-51,72-87,93-96,99H,8-21,52-65H2,1-7H3,(H,100,101)/t72?,73?,74?,75-,76-,77+,78+,79?,80?,81?,82?,83?,84?,85?,86?,87?,93-,94+,95-,96+/m0/s1. The summed E-state index contributed by atoms with van der Waals surface area (Å²) >= 11 is 0. The molecule has 0 aromatic heterocycles.